The van der Waals surface area contributed by atoms with E-state index in [9.17, 15) is 31.5 Å². The van der Waals surface area contributed by atoms with Crippen LogP contribution in [-0.2, 0) is 27.4 Å². The Balaban J connectivity index is 1.50. The average Bonchev–Trinajstić information content (AvgIpc) is 3.21. The molecular weight excluding hydrogens is 479 g/mol. The molecular formula is C26H22F3NO4S. The maximum absolute atomic E-state index is 13.6. The lowest BCUT2D eigenvalue weighted by Gasteiger charge is -2.24. The van der Waals surface area contributed by atoms with Gasteiger partial charge in [-0.25, -0.2) is 8.42 Å². The van der Waals surface area contributed by atoms with Crippen LogP contribution in [0.4, 0.5) is 13.2 Å². The first kappa shape index (κ1) is 23.4. The second-order valence-corrected chi connectivity index (χ2v) is 10.8. The van der Waals surface area contributed by atoms with E-state index >= 15 is 0 Å². The molecule has 0 bridgehead atoms. The maximum atomic E-state index is 13.6. The molecule has 0 spiro atoms. The van der Waals surface area contributed by atoms with Gasteiger partial charge in [0, 0.05) is 18.3 Å². The van der Waals surface area contributed by atoms with E-state index in [1.54, 1.807) is 36.4 Å². The maximum Gasteiger partial charge on any atom is 0.417 e. The molecule has 35 heavy (non-hydrogen) atoms. The number of halogens is 3. The van der Waals surface area contributed by atoms with Crippen molar-refractivity contribution in [3.63, 3.8) is 0 Å². The van der Waals surface area contributed by atoms with Gasteiger partial charge in [-0.15, -0.1) is 0 Å². The van der Waals surface area contributed by atoms with Crippen molar-refractivity contribution in [3.05, 3.63) is 88.5 Å². The van der Waals surface area contributed by atoms with E-state index in [0.29, 0.717) is 24.0 Å². The summed E-state index contributed by atoms with van der Waals surface area (Å²) in [5, 5.41) is 10.7. The minimum absolute atomic E-state index is 0.0413. The molecule has 1 fully saturated rings. The minimum Gasteiger partial charge on any atom is -0.508 e. The van der Waals surface area contributed by atoms with Gasteiger partial charge in [0.25, 0.3) is 0 Å². The van der Waals surface area contributed by atoms with Crippen LogP contribution in [-0.4, -0.2) is 25.2 Å². The van der Waals surface area contributed by atoms with Crippen LogP contribution in [0.2, 0.25) is 0 Å². The van der Waals surface area contributed by atoms with Crippen molar-refractivity contribution < 1.29 is 31.5 Å². The fourth-order valence-corrected chi connectivity index (χ4v) is 6.69. The SMILES string of the molecule is O=C1CC(c2ccc(C3CCc4c(-c5ccccc5C(F)(F)F)cccc43)cc2O)CS(=O)(=O)N1. The predicted molar refractivity (Wildman–Crippen MR) is 124 cm³/mol. The monoisotopic (exact) mass is 501 g/mol. The number of sulfonamides is 1. The zero-order valence-electron chi connectivity index (χ0n) is 18.5. The third-order valence-corrected chi connectivity index (χ3v) is 8.19. The Kier molecular flexibility index (Phi) is 5.62. The average molecular weight is 502 g/mol. The van der Waals surface area contributed by atoms with E-state index in [1.165, 1.54) is 12.1 Å². The van der Waals surface area contributed by atoms with Gasteiger partial charge >= 0.3 is 6.18 Å². The van der Waals surface area contributed by atoms with Crippen molar-refractivity contribution in [3.8, 4) is 16.9 Å². The molecule has 0 saturated carbocycles. The van der Waals surface area contributed by atoms with Gasteiger partial charge < -0.3 is 5.11 Å². The van der Waals surface area contributed by atoms with Gasteiger partial charge in [-0.2, -0.15) is 13.2 Å². The molecule has 1 aliphatic carbocycles. The van der Waals surface area contributed by atoms with Crippen LogP contribution in [0.5, 0.6) is 5.75 Å². The number of alkyl halides is 3. The highest BCUT2D eigenvalue weighted by Crippen LogP contribution is 2.46. The fourth-order valence-electron chi connectivity index (χ4n) is 5.34. The van der Waals surface area contributed by atoms with E-state index in [1.807, 2.05) is 10.8 Å². The second kappa shape index (κ2) is 8.41. The number of carbonyl (C=O) groups excluding carboxylic acids is 1. The van der Waals surface area contributed by atoms with Gasteiger partial charge in [0.2, 0.25) is 15.9 Å². The molecule has 1 saturated heterocycles. The summed E-state index contributed by atoms with van der Waals surface area (Å²) >= 11 is 0. The fraction of sp³-hybridized carbons (Fsp3) is 0.269. The number of fused-ring (bicyclic) bond motifs is 1. The van der Waals surface area contributed by atoms with Crippen LogP contribution in [0.15, 0.2) is 60.7 Å². The normalized spacial score (nSPS) is 21.4. The molecule has 5 nitrogen and oxygen atoms in total. The molecule has 2 N–H and O–H groups in total. The molecule has 3 aromatic carbocycles. The van der Waals surface area contributed by atoms with Crippen LogP contribution < -0.4 is 4.72 Å². The second-order valence-electron chi connectivity index (χ2n) is 9.03. The molecule has 2 unspecified atom stereocenters. The third-order valence-electron chi connectivity index (χ3n) is 6.81. The van der Waals surface area contributed by atoms with Crippen molar-refractivity contribution in [1.29, 1.82) is 0 Å². The molecule has 5 rings (SSSR count). The van der Waals surface area contributed by atoms with Crippen molar-refractivity contribution in [2.24, 2.45) is 0 Å². The number of hydrogen-bond donors (Lipinski definition) is 2. The highest BCUT2D eigenvalue weighted by molar-refractivity contribution is 7.90. The number of amides is 1. The predicted octanol–water partition coefficient (Wildman–Crippen LogP) is 5.09. The Bertz CT molecular complexity index is 1430. The smallest absolute Gasteiger partial charge is 0.417 e. The Hall–Kier alpha value is -3.33. The molecule has 9 heteroatoms. The van der Waals surface area contributed by atoms with Gasteiger partial charge in [-0.05, 0) is 58.4 Å². The number of rotatable bonds is 3. The van der Waals surface area contributed by atoms with E-state index in [4.69, 9.17) is 0 Å². The van der Waals surface area contributed by atoms with E-state index in [2.05, 4.69) is 0 Å². The highest BCUT2D eigenvalue weighted by Gasteiger charge is 2.36. The van der Waals surface area contributed by atoms with Gasteiger partial charge in [-0.3, -0.25) is 9.52 Å². The minimum atomic E-state index is -4.47. The van der Waals surface area contributed by atoms with Gasteiger partial charge in [0.15, 0.2) is 0 Å². The number of hydrogen-bond acceptors (Lipinski definition) is 4. The van der Waals surface area contributed by atoms with E-state index in [-0.39, 0.29) is 29.4 Å². The summed E-state index contributed by atoms with van der Waals surface area (Å²) in [5.74, 6) is -1.77. The highest BCUT2D eigenvalue weighted by atomic mass is 32.2. The summed E-state index contributed by atoms with van der Waals surface area (Å²) in [5.41, 5.74) is 2.96. The Labute approximate surface area is 200 Å². The van der Waals surface area contributed by atoms with E-state index < -0.39 is 33.6 Å². The molecule has 0 radical (unpaired) electrons. The van der Waals surface area contributed by atoms with Crippen LogP contribution in [0.3, 0.4) is 0 Å². The summed E-state index contributed by atoms with van der Waals surface area (Å²) in [7, 11) is -3.75. The van der Waals surface area contributed by atoms with E-state index in [0.717, 1.165) is 22.8 Å². The molecule has 182 valence electrons. The number of carbonyl (C=O) groups is 1. The Morgan fingerprint density at radius 3 is 2.40 bits per heavy atom. The molecule has 2 atom stereocenters. The van der Waals surface area contributed by atoms with Gasteiger partial charge in [-0.1, -0.05) is 48.5 Å². The summed E-state index contributed by atoms with van der Waals surface area (Å²) < 4.78 is 66.7. The summed E-state index contributed by atoms with van der Waals surface area (Å²) in [4.78, 5) is 11.8. The molecule has 0 aromatic heterocycles. The number of aromatic hydroxyl groups is 1. The standard InChI is InChI=1S/C26H22F3NO4S/c27-26(28,29)23-7-2-1-4-22(23)20-6-3-5-19-17(10-11-21(19)20)15-8-9-18(24(31)12-15)16-13-25(32)30-35(33,34)14-16/h1-9,12,16-17,31H,10-11,13-14H2,(H,30,32). The first-order valence-electron chi connectivity index (χ1n) is 11.2. The zero-order chi connectivity index (χ0) is 25.0. The molecule has 1 heterocycles. The summed E-state index contributed by atoms with van der Waals surface area (Å²) in [6.45, 7) is 0. The molecule has 1 aliphatic heterocycles. The number of phenolic OH excluding ortho intramolecular Hbond substituents is 1. The van der Waals surface area contributed by atoms with Crippen molar-refractivity contribution in [2.45, 2.75) is 37.3 Å². The molecule has 3 aromatic rings. The largest absolute Gasteiger partial charge is 0.508 e. The lowest BCUT2D eigenvalue weighted by atomic mass is 9.87. The van der Waals surface area contributed by atoms with Crippen LogP contribution in [0.25, 0.3) is 11.1 Å². The summed E-state index contributed by atoms with van der Waals surface area (Å²) in [6.07, 6.45) is -3.26. The number of phenols is 1. The van der Waals surface area contributed by atoms with Crippen molar-refractivity contribution in [2.75, 3.05) is 5.75 Å². The quantitative estimate of drug-likeness (QED) is 0.524. The van der Waals surface area contributed by atoms with Crippen molar-refractivity contribution in [1.82, 2.24) is 4.72 Å². The van der Waals surface area contributed by atoms with Crippen LogP contribution in [0, 0.1) is 0 Å². The lowest BCUT2D eigenvalue weighted by Crippen LogP contribution is -2.40. The number of nitrogens with one attached hydrogen (secondary N) is 1. The Morgan fingerprint density at radius 2 is 1.69 bits per heavy atom. The topological polar surface area (TPSA) is 83.5 Å². The first-order valence-corrected chi connectivity index (χ1v) is 12.8. The number of benzene rings is 3. The lowest BCUT2D eigenvalue weighted by molar-refractivity contribution is -0.137. The summed E-state index contributed by atoms with van der Waals surface area (Å²) in [6, 6.07) is 15.9. The van der Waals surface area contributed by atoms with Gasteiger partial charge in [0.05, 0.1) is 11.3 Å². The molecule has 1 amide bonds. The molecule has 2 aliphatic rings. The zero-order valence-corrected chi connectivity index (χ0v) is 19.3. The van der Waals surface area contributed by atoms with Gasteiger partial charge in [0.1, 0.15) is 5.75 Å². The third kappa shape index (κ3) is 4.40. The van der Waals surface area contributed by atoms with Crippen molar-refractivity contribution >= 4 is 15.9 Å². The Morgan fingerprint density at radius 1 is 0.943 bits per heavy atom. The first-order chi connectivity index (χ1) is 16.5. The van der Waals surface area contributed by atoms with Crippen LogP contribution in [0.1, 0.15) is 52.5 Å². The van der Waals surface area contributed by atoms with Crippen LogP contribution >= 0.6 is 0 Å².